The van der Waals surface area contributed by atoms with Crippen molar-refractivity contribution in [3.05, 3.63) is 287 Å². The SMILES string of the molecule is [O-]c1cccc2ccc(C=NC(c3ccccc3)(c3ccccc3)c3ccccc3)nc12.[O-]c1cccc2ccc(C=NC(c3ccccc3)(c3ccccc3)c3ccccc3)nc12.[Zn+2]. The summed E-state index contributed by atoms with van der Waals surface area (Å²) in [6, 6.07) is 79.6. The fraction of sp³-hybridized carbons (Fsp3) is 0.0345. The number of nitrogens with zero attached hydrogens (tertiary/aromatic N) is 4. The zero-order chi connectivity index (χ0) is 43.6. The molecule has 0 fully saturated rings. The Morgan fingerprint density at radius 2 is 0.569 bits per heavy atom. The van der Waals surface area contributed by atoms with Crippen LogP contribution in [-0.4, -0.2) is 22.4 Å². The van der Waals surface area contributed by atoms with Crippen LogP contribution in [0.4, 0.5) is 0 Å². The summed E-state index contributed by atoms with van der Waals surface area (Å²) in [6.45, 7) is 0. The summed E-state index contributed by atoms with van der Waals surface area (Å²) in [5.74, 6) is -0.170. The van der Waals surface area contributed by atoms with Crippen molar-refractivity contribution in [1.82, 2.24) is 9.97 Å². The number of benzene rings is 8. The predicted molar refractivity (Wildman–Crippen MR) is 256 cm³/mol. The standard InChI is InChI=1S/2C29H22N2O.Zn/c2*32-27-18-10-11-22-19-20-26(31-28(22)27)21-30-29(23-12-4-1-5-13-23,24-14-6-2-7-15-24)25-16-8-3-9-17-25;/h2*1-21,32H;/q;;+2/p-2. The van der Waals surface area contributed by atoms with Crippen LogP contribution in [0.15, 0.2) is 253 Å². The molecule has 0 spiro atoms. The van der Waals surface area contributed by atoms with Crippen LogP contribution in [0.5, 0.6) is 11.5 Å². The molecule has 0 saturated carbocycles. The fourth-order valence-electron chi connectivity index (χ4n) is 8.26. The summed E-state index contributed by atoms with van der Waals surface area (Å²) >= 11 is 0. The zero-order valence-corrected chi connectivity index (χ0v) is 38.5. The molecule has 0 atom stereocenters. The third-order valence-corrected chi connectivity index (χ3v) is 11.3. The van der Waals surface area contributed by atoms with E-state index < -0.39 is 11.1 Å². The number of pyridine rings is 2. The minimum absolute atomic E-state index is 0. The van der Waals surface area contributed by atoms with E-state index in [-0.39, 0.29) is 31.0 Å². The van der Waals surface area contributed by atoms with E-state index in [0.29, 0.717) is 22.4 Å². The Bertz CT molecular complexity index is 2760. The summed E-state index contributed by atoms with van der Waals surface area (Å²) in [5.41, 5.74) is 7.03. The van der Waals surface area contributed by atoms with Gasteiger partial charge in [0.15, 0.2) is 0 Å². The third kappa shape index (κ3) is 9.15. The van der Waals surface area contributed by atoms with Gasteiger partial charge in [0.25, 0.3) is 0 Å². The molecule has 2 heterocycles. The van der Waals surface area contributed by atoms with Crippen molar-refractivity contribution in [3.63, 3.8) is 0 Å². The second kappa shape index (κ2) is 20.1. The van der Waals surface area contributed by atoms with E-state index in [1.54, 1.807) is 36.7 Å². The van der Waals surface area contributed by atoms with Gasteiger partial charge in [-0.15, -0.1) is 0 Å². The fourth-order valence-corrected chi connectivity index (χ4v) is 8.26. The third-order valence-electron chi connectivity index (χ3n) is 11.3. The van der Waals surface area contributed by atoms with Gasteiger partial charge in [0, 0.05) is 12.4 Å². The van der Waals surface area contributed by atoms with Gasteiger partial charge in [-0.25, -0.2) is 9.97 Å². The Morgan fingerprint density at radius 1 is 0.308 bits per heavy atom. The molecule has 0 aliphatic rings. The van der Waals surface area contributed by atoms with E-state index in [1.165, 1.54) is 0 Å². The molecule has 0 saturated heterocycles. The first kappa shape index (κ1) is 43.8. The van der Waals surface area contributed by atoms with Crippen molar-refractivity contribution in [2.24, 2.45) is 9.98 Å². The second-order valence-corrected chi connectivity index (χ2v) is 15.3. The summed E-state index contributed by atoms with van der Waals surface area (Å²) in [5, 5.41) is 26.2. The van der Waals surface area contributed by atoms with E-state index in [0.717, 1.165) is 44.2 Å². The van der Waals surface area contributed by atoms with Crippen LogP contribution in [0.2, 0.25) is 0 Å². The normalized spacial score (nSPS) is 11.6. The van der Waals surface area contributed by atoms with Gasteiger partial charge in [-0.1, -0.05) is 242 Å². The maximum atomic E-state index is 12.3. The van der Waals surface area contributed by atoms with Crippen molar-refractivity contribution in [2.75, 3.05) is 0 Å². The second-order valence-electron chi connectivity index (χ2n) is 15.3. The largest absolute Gasteiger partial charge is 2.00 e. The van der Waals surface area contributed by atoms with Crippen molar-refractivity contribution in [2.45, 2.75) is 11.1 Å². The van der Waals surface area contributed by atoms with Crippen molar-refractivity contribution in [3.8, 4) is 11.5 Å². The van der Waals surface area contributed by atoms with E-state index in [4.69, 9.17) is 9.98 Å². The molecule has 0 aliphatic carbocycles. The number of hydrogen-bond donors (Lipinski definition) is 0. The number of para-hydroxylation sites is 2. The monoisotopic (exact) mass is 890 g/mol. The molecule has 0 N–H and O–H groups in total. The van der Waals surface area contributed by atoms with E-state index in [2.05, 4.69) is 82.8 Å². The van der Waals surface area contributed by atoms with Crippen molar-refractivity contribution >= 4 is 34.2 Å². The van der Waals surface area contributed by atoms with Crippen molar-refractivity contribution in [1.29, 1.82) is 0 Å². The molecule has 0 aliphatic heterocycles. The molecule has 0 amide bonds. The number of rotatable bonds is 10. The quantitative estimate of drug-likeness (QED) is 0.0776. The first-order valence-electron chi connectivity index (χ1n) is 21.1. The first-order chi connectivity index (χ1) is 31.5. The summed E-state index contributed by atoms with van der Waals surface area (Å²) < 4.78 is 0. The summed E-state index contributed by atoms with van der Waals surface area (Å²) in [4.78, 5) is 19.6. The maximum Gasteiger partial charge on any atom is 2.00 e. The summed E-state index contributed by atoms with van der Waals surface area (Å²) in [6.07, 6.45) is 3.55. The van der Waals surface area contributed by atoms with E-state index in [9.17, 15) is 10.2 Å². The molecule has 6 nitrogen and oxygen atoms in total. The summed E-state index contributed by atoms with van der Waals surface area (Å²) in [7, 11) is 0. The molecule has 0 bridgehead atoms. The van der Waals surface area contributed by atoms with Crippen LogP contribution >= 0.6 is 0 Å². The van der Waals surface area contributed by atoms with Crippen LogP contribution in [0.1, 0.15) is 44.8 Å². The minimum atomic E-state index is -0.753. The Labute approximate surface area is 391 Å². The first-order valence-corrected chi connectivity index (χ1v) is 21.1. The number of fused-ring (bicyclic) bond motifs is 2. The van der Waals surface area contributed by atoms with Gasteiger partial charge in [0.2, 0.25) is 0 Å². The van der Waals surface area contributed by atoms with Crippen LogP contribution < -0.4 is 10.2 Å². The molecule has 0 radical (unpaired) electrons. The average Bonchev–Trinajstić information content (AvgIpc) is 3.37. The molecule has 308 valence electrons. The van der Waals surface area contributed by atoms with Gasteiger partial charge in [-0.3, -0.25) is 9.98 Å². The van der Waals surface area contributed by atoms with Crippen LogP contribution in [-0.2, 0) is 30.6 Å². The van der Waals surface area contributed by atoms with Crippen molar-refractivity contribution < 1.29 is 29.7 Å². The smallest absolute Gasteiger partial charge is 0.871 e. The molecule has 0 unspecified atom stereocenters. The van der Waals surface area contributed by atoms with Gasteiger partial charge in [0.05, 0.1) is 22.4 Å². The molecule has 8 aromatic carbocycles. The Kier molecular flexibility index (Phi) is 13.5. The predicted octanol–water partition coefficient (Wildman–Crippen LogP) is 11.4. The topological polar surface area (TPSA) is 96.6 Å². The van der Waals surface area contributed by atoms with Crippen LogP contribution in [0, 0.1) is 0 Å². The zero-order valence-electron chi connectivity index (χ0n) is 35.6. The van der Waals surface area contributed by atoms with Gasteiger partial charge in [-0.05, 0) is 56.3 Å². The maximum absolute atomic E-state index is 12.3. The molecular formula is C58H42N4O2Zn. The molecule has 7 heteroatoms. The van der Waals surface area contributed by atoms with Gasteiger partial charge in [-0.2, -0.15) is 0 Å². The van der Waals surface area contributed by atoms with E-state index in [1.807, 2.05) is 146 Å². The Morgan fingerprint density at radius 3 is 0.831 bits per heavy atom. The van der Waals surface area contributed by atoms with E-state index >= 15 is 0 Å². The molecule has 65 heavy (non-hydrogen) atoms. The van der Waals surface area contributed by atoms with Crippen LogP contribution in [0.25, 0.3) is 21.8 Å². The molecule has 10 aromatic rings. The number of aliphatic imine (C=N–C) groups is 2. The minimum Gasteiger partial charge on any atom is -0.871 e. The Hall–Kier alpha value is -7.86. The van der Waals surface area contributed by atoms with Gasteiger partial charge < -0.3 is 10.2 Å². The van der Waals surface area contributed by atoms with Gasteiger partial charge in [0.1, 0.15) is 11.1 Å². The molecule has 2 aromatic heterocycles. The molecular weight excluding hydrogens is 850 g/mol. The number of hydrogen-bond acceptors (Lipinski definition) is 6. The average molecular weight is 892 g/mol. The van der Waals surface area contributed by atoms with Crippen LogP contribution in [0.3, 0.4) is 0 Å². The Balaban J connectivity index is 0.000000175. The number of aromatic nitrogens is 2. The van der Waals surface area contributed by atoms with Gasteiger partial charge >= 0.3 is 19.5 Å². The molecule has 10 rings (SSSR count).